The molecule has 1 aromatic heterocycles. The number of nitrogens with one attached hydrogen (secondary N) is 2. The van der Waals surface area contributed by atoms with Crippen LogP contribution in [-0.2, 0) is 16.4 Å². The maximum absolute atomic E-state index is 12.7. The molecule has 0 aliphatic rings. The standard InChI is InChI=1S/C19H16BrN3O3S/c20-17-5-1-2-6-18(17)27(25,26)16-9-7-15(8-10-16)23-19(24)22-13-14-4-3-11-21-12-14/h1-12H,13H2,(H2,22,23,24). The van der Waals surface area contributed by atoms with Gasteiger partial charge in [0, 0.05) is 29.1 Å². The Bertz CT molecular complexity index is 1040. The van der Waals surface area contributed by atoms with Crippen LogP contribution in [-0.4, -0.2) is 19.4 Å². The number of pyridine rings is 1. The number of rotatable bonds is 5. The molecule has 0 saturated carbocycles. The third kappa shape index (κ3) is 4.72. The number of halogens is 1. The van der Waals surface area contributed by atoms with E-state index in [1.165, 1.54) is 18.2 Å². The van der Waals surface area contributed by atoms with Crippen molar-refractivity contribution in [2.75, 3.05) is 5.32 Å². The first-order valence-electron chi connectivity index (χ1n) is 8.00. The van der Waals surface area contributed by atoms with Crippen LogP contribution >= 0.6 is 15.9 Å². The fourth-order valence-electron chi connectivity index (χ4n) is 2.37. The van der Waals surface area contributed by atoms with E-state index in [1.807, 2.05) is 6.07 Å². The summed E-state index contributed by atoms with van der Waals surface area (Å²) in [6.45, 7) is 0.341. The number of aromatic nitrogens is 1. The Kier molecular flexibility index (Phi) is 5.88. The van der Waals surface area contributed by atoms with Gasteiger partial charge in [-0.05, 0) is 64.0 Å². The van der Waals surface area contributed by atoms with Crippen LogP contribution in [0.15, 0.2) is 87.3 Å². The van der Waals surface area contributed by atoms with Crippen molar-refractivity contribution in [1.29, 1.82) is 0 Å². The van der Waals surface area contributed by atoms with Crippen molar-refractivity contribution in [3.05, 3.63) is 83.1 Å². The van der Waals surface area contributed by atoms with Crippen LogP contribution in [0.2, 0.25) is 0 Å². The van der Waals surface area contributed by atoms with Gasteiger partial charge < -0.3 is 10.6 Å². The molecule has 0 unspecified atom stereocenters. The van der Waals surface area contributed by atoms with Gasteiger partial charge >= 0.3 is 6.03 Å². The molecule has 3 rings (SSSR count). The number of sulfone groups is 1. The Labute approximate surface area is 165 Å². The summed E-state index contributed by atoms with van der Waals surface area (Å²) in [7, 11) is -3.64. The van der Waals surface area contributed by atoms with Gasteiger partial charge in [0.25, 0.3) is 0 Å². The molecule has 2 N–H and O–H groups in total. The topological polar surface area (TPSA) is 88.2 Å². The number of carbonyl (C=O) groups is 1. The van der Waals surface area contributed by atoms with E-state index < -0.39 is 9.84 Å². The summed E-state index contributed by atoms with van der Waals surface area (Å²) in [6.07, 6.45) is 3.33. The number of nitrogens with zero attached hydrogens (tertiary/aromatic N) is 1. The fourth-order valence-corrected chi connectivity index (χ4v) is 4.62. The van der Waals surface area contributed by atoms with Crippen molar-refractivity contribution < 1.29 is 13.2 Å². The van der Waals surface area contributed by atoms with Crippen LogP contribution in [0.3, 0.4) is 0 Å². The molecule has 8 heteroatoms. The highest BCUT2D eigenvalue weighted by atomic mass is 79.9. The summed E-state index contributed by atoms with van der Waals surface area (Å²) in [5.41, 5.74) is 1.37. The van der Waals surface area contributed by atoms with E-state index >= 15 is 0 Å². The molecule has 138 valence electrons. The second-order valence-electron chi connectivity index (χ2n) is 5.63. The summed E-state index contributed by atoms with van der Waals surface area (Å²) < 4.78 is 25.9. The van der Waals surface area contributed by atoms with E-state index in [1.54, 1.807) is 48.8 Å². The van der Waals surface area contributed by atoms with E-state index in [0.717, 1.165) is 5.56 Å². The van der Waals surface area contributed by atoms with E-state index in [0.29, 0.717) is 16.7 Å². The van der Waals surface area contributed by atoms with Gasteiger partial charge in [-0.2, -0.15) is 0 Å². The van der Waals surface area contributed by atoms with Crippen LogP contribution in [0.25, 0.3) is 0 Å². The van der Waals surface area contributed by atoms with Crippen LogP contribution in [0.4, 0.5) is 10.5 Å². The van der Waals surface area contributed by atoms with Crippen molar-refractivity contribution in [3.8, 4) is 0 Å². The molecule has 2 amide bonds. The number of carbonyl (C=O) groups excluding carboxylic acids is 1. The third-order valence-electron chi connectivity index (χ3n) is 3.72. The molecule has 0 fully saturated rings. The first kappa shape index (κ1) is 19.1. The lowest BCUT2D eigenvalue weighted by Gasteiger charge is -2.09. The molecule has 1 heterocycles. The smallest absolute Gasteiger partial charge is 0.319 e. The van der Waals surface area contributed by atoms with Crippen LogP contribution < -0.4 is 10.6 Å². The second-order valence-corrected chi connectivity index (χ2v) is 8.40. The van der Waals surface area contributed by atoms with E-state index in [4.69, 9.17) is 0 Å². The van der Waals surface area contributed by atoms with Gasteiger partial charge in [0.05, 0.1) is 9.79 Å². The Morgan fingerprint density at radius 1 is 1.00 bits per heavy atom. The highest BCUT2D eigenvalue weighted by Crippen LogP contribution is 2.28. The lowest BCUT2D eigenvalue weighted by atomic mass is 10.3. The monoisotopic (exact) mass is 445 g/mol. The lowest BCUT2D eigenvalue weighted by Crippen LogP contribution is -2.28. The van der Waals surface area contributed by atoms with Gasteiger partial charge in [0.1, 0.15) is 0 Å². The second kappa shape index (κ2) is 8.32. The number of anilines is 1. The minimum absolute atomic E-state index is 0.149. The number of benzene rings is 2. The Morgan fingerprint density at radius 3 is 2.41 bits per heavy atom. The van der Waals surface area contributed by atoms with Crippen molar-refractivity contribution >= 4 is 37.5 Å². The largest absolute Gasteiger partial charge is 0.334 e. The van der Waals surface area contributed by atoms with Gasteiger partial charge in [-0.1, -0.05) is 18.2 Å². The van der Waals surface area contributed by atoms with Crippen LogP contribution in [0.5, 0.6) is 0 Å². The number of hydrogen-bond acceptors (Lipinski definition) is 4. The SMILES string of the molecule is O=C(NCc1cccnc1)Nc1ccc(S(=O)(=O)c2ccccc2Br)cc1. The molecule has 0 bridgehead atoms. The zero-order valence-corrected chi connectivity index (χ0v) is 16.5. The highest BCUT2D eigenvalue weighted by molar-refractivity contribution is 9.10. The minimum atomic E-state index is -3.64. The zero-order chi connectivity index (χ0) is 19.3. The quantitative estimate of drug-likeness (QED) is 0.620. The molecule has 0 saturated heterocycles. The maximum atomic E-state index is 12.7. The summed E-state index contributed by atoms with van der Waals surface area (Å²) in [5.74, 6) is 0. The molecule has 6 nitrogen and oxygen atoms in total. The van der Waals surface area contributed by atoms with Crippen LogP contribution in [0.1, 0.15) is 5.56 Å². The Hall–Kier alpha value is -2.71. The third-order valence-corrected chi connectivity index (χ3v) is 6.51. The van der Waals surface area contributed by atoms with E-state index in [9.17, 15) is 13.2 Å². The van der Waals surface area contributed by atoms with Gasteiger partial charge in [-0.25, -0.2) is 13.2 Å². The van der Waals surface area contributed by atoms with Crippen molar-refractivity contribution in [1.82, 2.24) is 10.3 Å². The lowest BCUT2D eigenvalue weighted by molar-refractivity contribution is 0.251. The normalized spacial score (nSPS) is 11.0. The van der Waals surface area contributed by atoms with Crippen molar-refractivity contribution in [2.45, 2.75) is 16.3 Å². The van der Waals surface area contributed by atoms with Gasteiger partial charge in [0.15, 0.2) is 0 Å². The molecule has 2 aromatic carbocycles. The average molecular weight is 446 g/mol. The molecule has 0 atom stereocenters. The number of urea groups is 1. The van der Waals surface area contributed by atoms with Crippen molar-refractivity contribution in [3.63, 3.8) is 0 Å². The van der Waals surface area contributed by atoms with E-state index in [2.05, 4.69) is 31.5 Å². The predicted molar refractivity (Wildman–Crippen MR) is 106 cm³/mol. The summed E-state index contributed by atoms with van der Waals surface area (Å²) in [4.78, 5) is 16.3. The van der Waals surface area contributed by atoms with Crippen molar-refractivity contribution in [2.24, 2.45) is 0 Å². The Balaban J connectivity index is 1.67. The van der Waals surface area contributed by atoms with Crippen LogP contribution in [0, 0.1) is 0 Å². The van der Waals surface area contributed by atoms with Gasteiger partial charge in [-0.3, -0.25) is 4.98 Å². The summed E-state index contributed by atoms with van der Waals surface area (Å²) in [6, 6.07) is 15.9. The average Bonchev–Trinajstić information content (AvgIpc) is 2.68. The molecule has 27 heavy (non-hydrogen) atoms. The first-order chi connectivity index (χ1) is 13.0. The molecule has 0 radical (unpaired) electrons. The molecule has 0 spiro atoms. The predicted octanol–water partition coefficient (Wildman–Crippen LogP) is 4.00. The highest BCUT2D eigenvalue weighted by Gasteiger charge is 2.20. The molecule has 0 aliphatic carbocycles. The molecule has 0 aliphatic heterocycles. The van der Waals surface area contributed by atoms with Gasteiger partial charge in [-0.15, -0.1) is 0 Å². The maximum Gasteiger partial charge on any atom is 0.319 e. The Morgan fingerprint density at radius 2 is 1.74 bits per heavy atom. The number of hydrogen-bond donors (Lipinski definition) is 2. The minimum Gasteiger partial charge on any atom is -0.334 e. The number of amides is 2. The van der Waals surface area contributed by atoms with E-state index in [-0.39, 0.29) is 15.8 Å². The van der Waals surface area contributed by atoms with Gasteiger partial charge in [0.2, 0.25) is 9.84 Å². The molecular weight excluding hydrogens is 430 g/mol. The fraction of sp³-hybridized carbons (Fsp3) is 0.0526. The molecular formula is C19H16BrN3O3S. The first-order valence-corrected chi connectivity index (χ1v) is 10.3. The summed E-state index contributed by atoms with van der Waals surface area (Å²) in [5, 5.41) is 5.38. The zero-order valence-electron chi connectivity index (χ0n) is 14.1. The summed E-state index contributed by atoms with van der Waals surface area (Å²) >= 11 is 3.26. The molecule has 3 aromatic rings.